The molecule has 0 aliphatic carbocycles. The average molecular weight is 408 g/mol. The first kappa shape index (κ1) is 22.0. The number of esters is 2. The summed E-state index contributed by atoms with van der Waals surface area (Å²) in [6, 6.07) is 0. The van der Waals surface area contributed by atoms with Gasteiger partial charge in [0.2, 0.25) is 0 Å². The van der Waals surface area contributed by atoms with Gasteiger partial charge in [-0.05, 0) is 65.2 Å². The Balaban J connectivity index is 1.99. The molecule has 1 N–H and O–H groups in total. The Morgan fingerprint density at radius 1 is 1.14 bits per heavy atom. The quantitative estimate of drug-likeness (QED) is 0.526. The second-order valence-electron chi connectivity index (χ2n) is 9.42. The molecule has 162 valence electrons. The van der Waals surface area contributed by atoms with E-state index in [0.29, 0.717) is 44.1 Å². The summed E-state index contributed by atoms with van der Waals surface area (Å²) in [6.07, 6.45) is 1.29. The van der Waals surface area contributed by atoms with Crippen molar-refractivity contribution in [3.63, 3.8) is 0 Å². The summed E-state index contributed by atoms with van der Waals surface area (Å²) in [5.74, 6) is -1.45. The van der Waals surface area contributed by atoms with Crippen molar-refractivity contribution in [3.8, 4) is 0 Å². The van der Waals surface area contributed by atoms with Crippen LogP contribution in [0.4, 0.5) is 0 Å². The van der Waals surface area contributed by atoms with Crippen molar-refractivity contribution in [3.05, 3.63) is 12.2 Å². The lowest BCUT2D eigenvalue weighted by Crippen LogP contribution is -2.59. The average Bonchev–Trinajstić information content (AvgIpc) is 2.73. The van der Waals surface area contributed by atoms with Crippen LogP contribution in [0.15, 0.2) is 12.2 Å². The lowest BCUT2D eigenvalue weighted by molar-refractivity contribution is -0.260. The van der Waals surface area contributed by atoms with Gasteiger partial charge in [-0.3, -0.25) is 9.59 Å². The molecule has 0 unspecified atom stereocenters. The molecule has 0 spiro atoms. The van der Waals surface area contributed by atoms with Crippen molar-refractivity contribution in [2.24, 2.45) is 5.92 Å². The van der Waals surface area contributed by atoms with E-state index in [1.807, 2.05) is 13.8 Å². The minimum Gasteiger partial charge on any atom is -0.459 e. The third kappa shape index (κ3) is 4.12. The molecule has 0 radical (unpaired) electrons. The van der Waals surface area contributed by atoms with Crippen molar-refractivity contribution >= 4 is 17.7 Å². The summed E-state index contributed by atoms with van der Waals surface area (Å²) >= 11 is 0. The number of hydrogen-bond donors (Lipinski definition) is 1. The zero-order chi connectivity index (χ0) is 21.6. The predicted octanol–water partition coefficient (Wildman–Crippen LogP) is 2.63. The van der Waals surface area contributed by atoms with E-state index in [1.165, 1.54) is 6.92 Å². The summed E-state index contributed by atoms with van der Waals surface area (Å²) in [4.78, 5) is 37.2. The molecule has 0 aromatic carbocycles. The highest BCUT2D eigenvalue weighted by atomic mass is 16.6. The van der Waals surface area contributed by atoms with Crippen LogP contribution in [0.2, 0.25) is 0 Å². The first-order chi connectivity index (χ1) is 13.4. The molecule has 3 aliphatic rings. The fourth-order valence-corrected chi connectivity index (χ4v) is 4.92. The van der Waals surface area contributed by atoms with Crippen molar-refractivity contribution in [1.82, 2.24) is 0 Å². The van der Waals surface area contributed by atoms with Crippen molar-refractivity contribution < 1.29 is 33.7 Å². The summed E-state index contributed by atoms with van der Waals surface area (Å²) in [7, 11) is 0. The molecule has 0 aromatic rings. The fraction of sp³-hybridized carbons (Fsp3) is 0.773. The number of aliphatic hydroxyl groups excluding tert-OH is 1. The number of carbonyl (C=O) groups excluding carboxylic acids is 3. The number of Topliss-reactive ketones (excluding diaryl/α,β-unsaturated/α-hetero) is 1. The van der Waals surface area contributed by atoms with Gasteiger partial charge >= 0.3 is 11.9 Å². The van der Waals surface area contributed by atoms with Gasteiger partial charge in [0.25, 0.3) is 0 Å². The Labute approximate surface area is 171 Å². The van der Waals surface area contributed by atoms with Crippen LogP contribution in [-0.4, -0.2) is 51.8 Å². The first-order valence-corrected chi connectivity index (χ1v) is 10.4. The van der Waals surface area contributed by atoms with Gasteiger partial charge < -0.3 is 19.3 Å². The SMILES string of the molecule is C=C1C(=O)O[C@]2(C)CC[C@@H]1C[C@H](O)[C@@]1(C)CC[C@H](OC(C)=O)[C@@](C)(CCC2=O)O1. The number of aliphatic hydroxyl groups is 1. The van der Waals surface area contributed by atoms with Crippen molar-refractivity contribution in [2.45, 2.75) is 102 Å². The van der Waals surface area contributed by atoms with E-state index in [2.05, 4.69) is 6.58 Å². The highest BCUT2D eigenvalue weighted by Gasteiger charge is 2.53. The van der Waals surface area contributed by atoms with E-state index in [-0.39, 0.29) is 18.1 Å². The zero-order valence-electron chi connectivity index (χ0n) is 17.8. The summed E-state index contributed by atoms with van der Waals surface area (Å²) in [6.45, 7) is 10.5. The van der Waals surface area contributed by atoms with Crippen molar-refractivity contribution in [2.75, 3.05) is 0 Å². The van der Waals surface area contributed by atoms with Crippen molar-refractivity contribution in [1.29, 1.82) is 0 Å². The smallest absolute Gasteiger partial charge is 0.334 e. The molecule has 3 aliphatic heterocycles. The number of hydrogen-bond acceptors (Lipinski definition) is 7. The Bertz CT molecular complexity index is 731. The Kier molecular flexibility index (Phi) is 5.69. The minimum atomic E-state index is -1.23. The molecule has 0 saturated carbocycles. The van der Waals surface area contributed by atoms with Crippen LogP contribution >= 0.6 is 0 Å². The van der Waals surface area contributed by atoms with Gasteiger partial charge in [-0.2, -0.15) is 0 Å². The largest absolute Gasteiger partial charge is 0.459 e. The van der Waals surface area contributed by atoms with Gasteiger partial charge in [-0.25, -0.2) is 4.79 Å². The van der Waals surface area contributed by atoms with E-state index >= 15 is 0 Å². The molecular formula is C22H32O7. The van der Waals surface area contributed by atoms with Gasteiger partial charge in [0.05, 0.1) is 11.7 Å². The highest BCUT2D eigenvalue weighted by Crippen LogP contribution is 2.45. The maximum atomic E-state index is 13.1. The van der Waals surface area contributed by atoms with E-state index in [1.54, 1.807) is 6.92 Å². The molecule has 0 aromatic heterocycles. The molecular weight excluding hydrogens is 376 g/mol. The maximum Gasteiger partial charge on any atom is 0.334 e. The third-order valence-corrected chi connectivity index (χ3v) is 7.05. The Morgan fingerprint density at radius 2 is 1.83 bits per heavy atom. The van der Waals surface area contributed by atoms with Gasteiger partial charge in [0.15, 0.2) is 11.4 Å². The second-order valence-corrected chi connectivity index (χ2v) is 9.42. The lowest BCUT2D eigenvalue weighted by atomic mass is 9.75. The summed E-state index contributed by atoms with van der Waals surface area (Å²) < 4.78 is 17.5. The molecule has 0 amide bonds. The van der Waals surface area contributed by atoms with Gasteiger partial charge in [0, 0.05) is 18.9 Å². The molecule has 3 saturated heterocycles. The second kappa shape index (κ2) is 7.51. The molecule has 7 nitrogen and oxygen atoms in total. The molecule has 29 heavy (non-hydrogen) atoms. The molecule has 6 atom stereocenters. The molecule has 7 heteroatoms. The Morgan fingerprint density at radius 3 is 2.48 bits per heavy atom. The maximum absolute atomic E-state index is 13.1. The van der Waals surface area contributed by atoms with Crippen LogP contribution in [0.5, 0.6) is 0 Å². The number of ether oxygens (including phenoxy) is 3. The van der Waals surface area contributed by atoms with Crippen LogP contribution in [0.1, 0.15) is 72.6 Å². The van der Waals surface area contributed by atoms with E-state index in [0.717, 1.165) is 0 Å². The fourth-order valence-electron chi connectivity index (χ4n) is 4.92. The van der Waals surface area contributed by atoms with Crippen LogP contribution in [0.3, 0.4) is 0 Å². The summed E-state index contributed by atoms with van der Waals surface area (Å²) in [5.41, 5.74) is -2.75. The van der Waals surface area contributed by atoms with E-state index in [9.17, 15) is 19.5 Å². The standard InChI is InChI=1S/C22H32O7/c1-13-15-6-9-20(3,28-19(13)26)16(24)7-10-22(5)18(27-14(2)23)8-11-21(4,29-22)17(25)12-15/h15,17-18,25H,1,6-12H2,2-5H3/t15-,17+,18+,20-,21-,22-/m1/s1. The lowest BCUT2D eigenvalue weighted by Gasteiger charge is -2.51. The van der Waals surface area contributed by atoms with Crippen LogP contribution in [0, 0.1) is 5.92 Å². The van der Waals surface area contributed by atoms with Gasteiger partial charge in [0.1, 0.15) is 11.7 Å². The topological polar surface area (TPSA) is 99.1 Å². The van der Waals surface area contributed by atoms with Crippen LogP contribution in [-0.2, 0) is 28.6 Å². The third-order valence-electron chi connectivity index (χ3n) is 7.05. The normalized spacial score (nSPS) is 43.6. The first-order valence-electron chi connectivity index (χ1n) is 10.4. The Hall–Kier alpha value is -1.73. The number of ketones is 1. The van der Waals surface area contributed by atoms with E-state index in [4.69, 9.17) is 14.2 Å². The van der Waals surface area contributed by atoms with Crippen LogP contribution < -0.4 is 0 Å². The zero-order valence-corrected chi connectivity index (χ0v) is 17.8. The van der Waals surface area contributed by atoms with Gasteiger partial charge in [-0.1, -0.05) is 6.58 Å². The molecule has 3 rings (SSSR count). The number of fused-ring (bicyclic) bond motifs is 5. The predicted molar refractivity (Wildman–Crippen MR) is 104 cm³/mol. The molecule has 3 heterocycles. The monoisotopic (exact) mass is 408 g/mol. The minimum absolute atomic E-state index is 0.112. The summed E-state index contributed by atoms with van der Waals surface area (Å²) in [5, 5.41) is 11.1. The molecule has 4 bridgehead atoms. The highest BCUT2D eigenvalue weighted by molar-refractivity contribution is 5.94. The van der Waals surface area contributed by atoms with E-state index < -0.39 is 40.9 Å². The van der Waals surface area contributed by atoms with Crippen LogP contribution in [0.25, 0.3) is 0 Å². The molecule has 3 fully saturated rings. The number of carbonyl (C=O) groups is 3. The van der Waals surface area contributed by atoms with Gasteiger partial charge in [-0.15, -0.1) is 0 Å². The number of rotatable bonds is 1.